The largest absolute Gasteiger partial charge is 0.493 e. The number of para-hydroxylation sites is 1. The molecule has 0 spiro atoms. The molecule has 90 valence electrons. The molecule has 0 aliphatic carbocycles. The van der Waals surface area contributed by atoms with Gasteiger partial charge in [0.2, 0.25) is 0 Å². The van der Waals surface area contributed by atoms with Gasteiger partial charge in [0, 0.05) is 11.6 Å². The molecule has 2 nitrogen and oxygen atoms in total. The summed E-state index contributed by atoms with van der Waals surface area (Å²) in [6.45, 7) is 7.18. The van der Waals surface area contributed by atoms with E-state index in [0.717, 1.165) is 30.8 Å². The van der Waals surface area contributed by atoms with Gasteiger partial charge in [0.1, 0.15) is 5.75 Å². The molecule has 0 heterocycles. The van der Waals surface area contributed by atoms with Gasteiger partial charge in [0.25, 0.3) is 0 Å². The summed E-state index contributed by atoms with van der Waals surface area (Å²) >= 11 is 0. The zero-order valence-corrected chi connectivity index (χ0v) is 10.6. The molecule has 0 saturated carbocycles. The van der Waals surface area contributed by atoms with E-state index in [4.69, 9.17) is 10.5 Å². The first kappa shape index (κ1) is 13.0. The molecule has 0 bridgehead atoms. The Hall–Kier alpha value is -1.02. The summed E-state index contributed by atoms with van der Waals surface area (Å²) < 4.78 is 5.86. The van der Waals surface area contributed by atoms with E-state index in [0.29, 0.717) is 5.92 Å². The minimum absolute atomic E-state index is 0.0258. The first-order chi connectivity index (χ1) is 7.69. The predicted octanol–water partition coefficient (Wildman–Crippen LogP) is 3.52. The van der Waals surface area contributed by atoms with E-state index in [9.17, 15) is 0 Å². The van der Waals surface area contributed by atoms with Crippen molar-refractivity contribution in [2.45, 2.75) is 39.7 Å². The van der Waals surface area contributed by atoms with Crippen LogP contribution in [-0.2, 0) is 0 Å². The van der Waals surface area contributed by atoms with Crippen molar-refractivity contribution in [1.82, 2.24) is 0 Å². The minimum Gasteiger partial charge on any atom is -0.493 e. The number of hydrogen-bond acceptors (Lipinski definition) is 2. The molecule has 1 aromatic rings. The van der Waals surface area contributed by atoms with E-state index in [1.54, 1.807) is 0 Å². The molecule has 0 fully saturated rings. The van der Waals surface area contributed by atoms with Crippen molar-refractivity contribution in [2.24, 2.45) is 11.7 Å². The van der Waals surface area contributed by atoms with E-state index >= 15 is 0 Å². The fourth-order valence-corrected chi connectivity index (χ4v) is 1.72. The van der Waals surface area contributed by atoms with Gasteiger partial charge in [-0.05, 0) is 18.9 Å². The van der Waals surface area contributed by atoms with E-state index in [1.807, 2.05) is 31.2 Å². The van der Waals surface area contributed by atoms with Gasteiger partial charge in [-0.15, -0.1) is 0 Å². The second-order valence-electron chi connectivity index (χ2n) is 4.32. The molecule has 0 unspecified atom stereocenters. The molecular weight excluding hydrogens is 198 g/mol. The van der Waals surface area contributed by atoms with Crippen molar-refractivity contribution < 1.29 is 4.74 Å². The standard InChI is InChI=1S/C14H23NO/c1-4-12(5-2)10-16-14-9-7-6-8-13(14)11(3)15/h6-9,11-12H,4-5,10,15H2,1-3H3/t11-/m0/s1. The third-order valence-electron chi connectivity index (χ3n) is 3.04. The maximum Gasteiger partial charge on any atom is 0.124 e. The Balaban J connectivity index is 2.66. The van der Waals surface area contributed by atoms with Crippen LogP contribution < -0.4 is 10.5 Å². The monoisotopic (exact) mass is 221 g/mol. The molecule has 0 aliphatic heterocycles. The molecule has 0 amide bonds. The maximum absolute atomic E-state index is 5.91. The highest BCUT2D eigenvalue weighted by Crippen LogP contribution is 2.24. The second-order valence-corrected chi connectivity index (χ2v) is 4.32. The molecule has 2 heteroatoms. The fraction of sp³-hybridized carbons (Fsp3) is 0.571. The average molecular weight is 221 g/mol. The quantitative estimate of drug-likeness (QED) is 0.797. The summed E-state index contributed by atoms with van der Waals surface area (Å²) in [6, 6.07) is 8.06. The van der Waals surface area contributed by atoms with Gasteiger partial charge < -0.3 is 10.5 Å². The average Bonchev–Trinajstić information content (AvgIpc) is 2.30. The Kier molecular flexibility index (Phi) is 5.33. The van der Waals surface area contributed by atoms with Crippen LogP contribution in [0.2, 0.25) is 0 Å². The highest BCUT2D eigenvalue weighted by molar-refractivity contribution is 5.35. The van der Waals surface area contributed by atoms with Gasteiger partial charge >= 0.3 is 0 Å². The van der Waals surface area contributed by atoms with Gasteiger partial charge in [0.05, 0.1) is 6.61 Å². The number of rotatable bonds is 6. The Morgan fingerprint density at radius 2 is 1.81 bits per heavy atom. The molecule has 0 radical (unpaired) electrons. The summed E-state index contributed by atoms with van der Waals surface area (Å²) in [4.78, 5) is 0. The van der Waals surface area contributed by atoms with Crippen molar-refractivity contribution in [3.63, 3.8) is 0 Å². The predicted molar refractivity (Wildman–Crippen MR) is 68.6 cm³/mol. The van der Waals surface area contributed by atoms with Crippen LogP contribution in [0.4, 0.5) is 0 Å². The van der Waals surface area contributed by atoms with Gasteiger partial charge in [-0.2, -0.15) is 0 Å². The van der Waals surface area contributed by atoms with Crippen LogP contribution in [0.15, 0.2) is 24.3 Å². The van der Waals surface area contributed by atoms with E-state index in [1.165, 1.54) is 0 Å². The lowest BCUT2D eigenvalue weighted by molar-refractivity contribution is 0.238. The van der Waals surface area contributed by atoms with Gasteiger partial charge in [-0.25, -0.2) is 0 Å². The molecule has 1 atom stereocenters. The molecule has 2 N–H and O–H groups in total. The smallest absolute Gasteiger partial charge is 0.124 e. The highest BCUT2D eigenvalue weighted by Gasteiger charge is 2.09. The van der Waals surface area contributed by atoms with Crippen molar-refractivity contribution in [3.05, 3.63) is 29.8 Å². The Morgan fingerprint density at radius 1 is 1.19 bits per heavy atom. The Morgan fingerprint density at radius 3 is 2.38 bits per heavy atom. The van der Waals surface area contributed by atoms with Crippen LogP contribution in [0.5, 0.6) is 5.75 Å². The summed E-state index contributed by atoms with van der Waals surface area (Å²) in [6.07, 6.45) is 2.33. The minimum atomic E-state index is 0.0258. The number of benzene rings is 1. The van der Waals surface area contributed by atoms with Gasteiger partial charge in [-0.1, -0.05) is 44.9 Å². The van der Waals surface area contributed by atoms with E-state index in [2.05, 4.69) is 13.8 Å². The molecule has 0 aliphatic rings. The summed E-state index contributed by atoms with van der Waals surface area (Å²) in [7, 11) is 0. The summed E-state index contributed by atoms with van der Waals surface area (Å²) in [5.41, 5.74) is 7.00. The van der Waals surface area contributed by atoms with Crippen LogP contribution in [0.25, 0.3) is 0 Å². The SMILES string of the molecule is CCC(CC)COc1ccccc1[C@H](C)N. The maximum atomic E-state index is 5.91. The number of ether oxygens (including phenoxy) is 1. The van der Waals surface area contributed by atoms with Crippen LogP contribution >= 0.6 is 0 Å². The Bertz CT molecular complexity index is 305. The lowest BCUT2D eigenvalue weighted by atomic mass is 10.0. The van der Waals surface area contributed by atoms with E-state index in [-0.39, 0.29) is 6.04 Å². The van der Waals surface area contributed by atoms with Crippen LogP contribution in [0.3, 0.4) is 0 Å². The molecule has 16 heavy (non-hydrogen) atoms. The van der Waals surface area contributed by atoms with Crippen molar-refractivity contribution in [3.8, 4) is 5.75 Å². The molecule has 0 saturated heterocycles. The number of hydrogen-bond donors (Lipinski definition) is 1. The van der Waals surface area contributed by atoms with Crippen molar-refractivity contribution >= 4 is 0 Å². The van der Waals surface area contributed by atoms with Crippen molar-refractivity contribution in [1.29, 1.82) is 0 Å². The Labute approximate surface area is 98.8 Å². The first-order valence-corrected chi connectivity index (χ1v) is 6.16. The molecule has 1 rings (SSSR count). The van der Waals surface area contributed by atoms with E-state index < -0.39 is 0 Å². The van der Waals surface area contributed by atoms with Crippen LogP contribution in [0, 0.1) is 5.92 Å². The molecule has 1 aromatic carbocycles. The summed E-state index contributed by atoms with van der Waals surface area (Å²) in [5.74, 6) is 1.57. The lowest BCUT2D eigenvalue weighted by Crippen LogP contribution is -2.13. The van der Waals surface area contributed by atoms with Crippen LogP contribution in [-0.4, -0.2) is 6.61 Å². The molecular formula is C14H23NO. The highest BCUT2D eigenvalue weighted by atomic mass is 16.5. The third-order valence-corrected chi connectivity index (χ3v) is 3.04. The fourth-order valence-electron chi connectivity index (χ4n) is 1.72. The lowest BCUT2D eigenvalue weighted by Gasteiger charge is -2.17. The normalized spacial score (nSPS) is 12.8. The topological polar surface area (TPSA) is 35.2 Å². The zero-order valence-electron chi connectivity index (χ0n) is 10.6. The van der Waals surface area contributed by atoms with Crippen molar-refractivity contribution in [2.75, 3.05) is 6.61 Å². The summed E-state index contributed by atoms with van der Waals surface area (Å²) in [5, 5.41) is 0. The number of nitrogens with two attached hydrogens (primary N) is 1. The molecule has 0 aromatic heterocycles. The second kappa shape index (κ2) is 6.54. The first-order valence-electron chi connectivity index (χ1n) is 6.16. The third kappa shape index (κ3) is 3.53. The van der Waals surface area contributed by atoms with Gasteiger partial charge in [0.15, 0.2) is 0 Å². The zero-order chi connectivity index (χ0) is 12.0. The van der Waals surface area contributed by atoms with Gasteiger partial charge in [-0.3, -0.25) is 0 Å². The van der Waals surface area contributed by atoms with Crippen LogP contribution in [0.1, 0.15) is 45.2 Å².